The summed E-state index contributed by atoms with van der Waals surface area (Å²) >= 11 is 0. The second-order valence-corrected chi connectivity index (χ2v) is 5.88. The average Bonchev–Trinajstić information content (AvgIpc) is 2.71. The number of benzene rings is 1. The quantitative estimate of drug-likeness (QED) is 0.461. The highest BCUT2D eigenvalue weighted by atomic mass is 16.5. The van der Waals surface area contributed by atoms with Crippen LogP contribution in [0.3, 0.4) is 0 Å². The molecule has 1 amide bonds. The minimum Gasteiger partial charge on any atom is -0.465 e. The number of carbonyl (C=O) groups excluding carboxylic acids is 4. The summed E-state index contributed by atoms with van der Waals surface area (Å²) in [5, 5.41) is 2.46. The van der Waals surface area contributed by atoms with E-state index in [2.05, 4.69) is 14.8 Å². The number of carbonyl (C=O) groups is 4. The number of esters is 3. The van der Waals surface area contributed by atoms with Crippen LogP contribution in [-0.4, -0.2) is 44.6 Å². The van der Waals surface area contributed by atoms with Gasteiger partial charge in [0.05, 0.1) is 37.0 Å². The van der Waals surface area contributed by atoms with Gasteiger partial charge >= 0.3 is 17.9 Å². The third-order valence-electron chi connectivity index (χ3n) is 4.07. The van der Waals surface area contributed by atoms with E-state index in [1.807, 2.05) is 12.2 Å². The standard InChI is InChI=1S/C19H21NO7/c1-25-17(22)13-8-9-14(19(24)26-2)15(10-13)20-16(21)11-27-18(23)12-6-4-3-5-7-12/h3-4,8-10,12H,5-7,11H2,1-2H3,(H,20,21)/t12-/m1/s1. The molecule has 1 atom stereocenters. The normalized spacial score (nSPS) is 15.6. The van der Waals surface area contributed by atoms with E-state index in [1.165, 1.54) is 32.4 Å². The highest BCUT2D eigenvalue weighted by Gasteiger charge is 2.22. The molecule has 1 aromatic rings. The Balaban J connectivity index is 2.05. The lowest BCUT2D eigenvalue weighted by Gasteiger charge is -2.16. The fourth-order valence-electron chi connectivity index (χ4n) is 2.63. The summed E-state index contributed by atoms with van der Waals surface area (Å²) in [6.07, 6.45) is 5.99. The topological polar surface area (TPSA) is 108 Å². The van der Waals surface area contributed by atoms with Gasteiger partial charge in [-0.05, 0) is 37.5 Å². The number of hydrogen-bond acceptors (Lipinski definition) is 7. The highest BCUT2D eigenvalue weighted by molar-refractivity contribution is 6.04. The molecule has 0 aromatic heterocycles. The van der Waals surface area contributed by atoms with Gasteiger partial charge in [-0.1, -0.05) is 12.2 Å². The number of methoxy groups -OCH3 is 2. The molecule has 0 unspecified atom stereocenters. The molecule has 0 fully saturated rings. The van der Waals surface area contributed by atoms with Crippen molar-refractivity contribution in [1.29, 1.82) is 0 Å². The van der Waals surface area contributed by atoms with Gasteiger partial charge in [0.2, 0.25) is 0 Å². The van der Waals surface area contributed by atoms with Crippen molar-refractivity contribution in [3.05, 3.63) is 41.5 Å². The molecule has 8 heteroatoms. The second kappa shape index (κ2) is 9.51. The van der Waals surface area contributed by atoms with Crippen LogP contribution < -0.4 is 5.32 Å². The first kappa shape index (κ1) is 20.2. The molecule has 1 N–H and O–H groups in total. The maximum absolute atomic E-state index is 12.1. The third-order valence-corrected chi connectivity index (χ3v) is 4.07. The molecule has 27 heavy (non-hydrogen) atoms. The third kappa shape index (κ3) is 5.40. The van der Waals surface area contributed by atoms with E-state index in [1.54, 1.807) is 0 Å². The largest absolute Gasteiger partial charge is 0.465 e. The van der Waals surface area contributed by atoms with Crippen LogP contribution >= 0.6 is 0 Å². The number of nitrogens with one attached hydrogen (secondary N) is 1. The van der Waals surface area contributed by atoms with Gasteiger partial charge in [-0.2, -0.15) is 0 Å². The molecular weight excluding hydrogens is 354 g/mol. The Morgan fingerprint density at radius 3 is 2.44 bits per heavy atom. The molecule has 1 aliphatic rings. The molecule has 0 radical (unpaired) electrons. The summed E-state index contributed by atoms with van der Waals surface area (Å²) in [4.78, 5) is 47.7. The van der Waals surface area contributed by atoms with Gasteiger partial charge in [0.25, 0.3) is 5.91 Å². The molecule has 0 saturated carbocycles. The van der Waals surface area contributed by atoms with Crippen LogP contribution in [0.2, 0.25) is 0 Å². The maximum atomic E-state index is 12.1. The van der Waals surface area contributed by atoms with Gasteiger partial charge in [0, 0.05) is 0 Å². The second-order valence-electron chi connectivity index (χ2n) is 5.88. The van der Waals surface area contributed by atoms with Gasteiger partial charge in [-0.3, -0.25) is 9.59 Å². The Morgan fingerprint density at radius 2 is 1.81 bits per heavy atom. The monoisotopic (exact) mass is 375 g/mol. The van der Waals surface area contributed by atoms with Crippen molar-refractivity contribution in [2.75, 3.05) is 26.1 Å². The van der Waals surface area contributed by atoms with Crippen molar-refractivity contribution in [3.8, 4) is 0 Å². The van der Waals surface area contributed by atoms with Crippen molar-refractivity contribution in [1.82, 2.24) is 0 Å². The predicted octanol–water partition coefficient (Wildman–Crippen LogP) is 2.10. The van der Waals surface area contributed by atoms with Gasteiger partial charge in [0.15, 0.2) is 6.61 Å². The first-order valence-electron chi connectivity index (χ1n) is 8.38. The van der Waals surface area contributed by atoms with Crippen LogP contribution in [0.25, 0.3) is 0 Å². The van der Waals surface area contributed by atoms with E-state index in [0.717, 1.165) is 6.42 Å². The van der Waals surface area contributed by atoms with Gasteiger partial charge in [0.1, 0.15) is 0 Å². The number of amides is 1. The number of anilines is 1. The number of rotatable bonds is 6. The zero-order valence-corrected chi connectivity index (χ0v) is 15.2. The Morgan fingerprint density at radius 1 is 1.07 bits per heavy atom. The summed E-state index contributed by atoms with van der Waals surface area (Å²) in [5.41, 5.74) is 0.264. The Labute approximate surface area is 156 Å². The van der Waals surface area contributed by atoms with Crippen LogP contribution in [0.1, 0.15) is 40.0 Å². The highest BCUT2D eigenvalue weighted by Crippen LogP contribution is 2.21. The lowest BCUT2D eigenvalue weighted by atomic mass is 9.95. The van der Waals surface area contributed by atoms with E-state index in [4.69, 9.17) is 4.74 Å². The van der Waals surface area contributed by atoms with Crippen molar-refractivity contribution in [2.24, 2.45) is 5.92 Å². The molecule has 0 aliphatic heterocycles. The summed E-state index contributed by atoms with van der Waals surface area (Å²) < 4.78 is 14.3. The molecule has 1 aliphatic carbocycles. The minimum absolute atomic E-state index is 0.0576. The lowest BCUT2D eigenvalue weighted by Crippen LogP contribution is -2.26. The van der Waals surface area contributed by atoms with E-state index >= 15 is 0 Å². The van der Waals surface area contributed by atoms with E-state index in [-0.39, 0.29) is 22.7 Å². The van der Waals surface area contributed by atoms with E-state index in [9.17, 15) is 19.2 Å². The number of hydrogen-bond donors (Lipinski definition) is 1. The smallest absolute Gasteiger partial charge is 0.339 e. The summed E-state index contributed by atoms with van der Waals surface area (Å²) in [7, 11) is 2.41. The van der Waals surface area contributed by atoms with Gasteiger partial charge in [-0.25, -0.2) is 9.59 Å². The molecule has 1 aromatic carbocycles. The van der Waals surface area contributed by atoms with Crippen molar-refractivity contribution in [2.45, 2.75) is 19.3 Å². The summed E-state index contributed by atoms with van der Waals surface area (Å²) in [6, 6.07) is 4.02. The Bertz CT molecular complexity index is 769. The Hall–Kier alpha value is -3.16. The molecule has 0 spiro atoms. The number of allylic oxidation sites excluding steroid dienone is 2. The van der Waals surface area contributed by atoms with Crippen molar-refractivity contribution >= 4 is 29.5 Å². The summed E-state index contributed by atoms with van der Waals surface area (Å²) in [6.45, 7) is -0.498. The molecule has 0 heterocycles. The van der Waals surface area contributed by atoms with Gasteiger partial charge < -0.3 is 19.5 Å². The van der Waals surface area contributed by atoms with Crippen molar-refractivity contribution < 1.29 is 33.4 Å². The summed E-state index contributed by atoms with van der Waals surface area (Å²) in [5.74, 6) is -2.64. The van der Waals surface area contributed by atoms with Crippen LogP contribution in [0.5, 0.6) is 0 Å². The predicted molar refractivity (Wildman–Crippen MR) is 95.2 cm³/mol. The zero-order valence-electron chi connectivity index (χ0n) is 15.2. The maximum Gasteiger partial charge on any atom is 0.339 e. The van der Waals surface area contributed by atoms with Crippen LogP contribution in [-0.2, 0) is 23.8 Å². The van der Waals surface area contributed by atoms with Crippen LogP contribution in [0, 0.1) is 5.92 Å². The molecule has 144 valence electrons. The van der Waals surface area contributed by atoms with Crippen LogP contribution in [0.4, 0.5) is 5.69 Å². The molecule has 0 bridgehead atoms. The lowest BCUT2D eigenvalue weighted by molar-refractivity contribution is -0.151. The molecule has 2 rings (SSSR count). The zero-order chi connectivity index (χ0) is 19.8. The first-order chi connectivity index (χ1) is 13.0. The van der Waals surface area contributed by atoms with Gasteiger partial charge in [-0.15, -0.1) is 0 Å². The molecule has 0 saturated heterocycles. The fourth-order valence-corrected chi connectivity index (χ4v) is 2.63. The van der Waals surface area contributed by atoms with E-state index in [0.29, 0.717) is 12.8 Å². The minimum atomic E-state index is -0.687. The first-order valence-corrected chi connectivity index (χ1v) is 8.38. The molecular formula is C19H21NO7. The van der Waals surface area contributed by atoms with Crippen molar-refractivity contribution in [3.63, 3.8) is 0 Å². The van der Waals surface area contributed by atoms with Crippen LogP contribution in [0.15, 0.2) is 30.4 Å². The average molecular weight is 375 g/mol. The Kier molecular flexibility index (Phi) is 7.10. The SMILES string of the molecule is COC(=O)c1ccc(C(=O)OC)c(NC(=O)COC(=O)[C@@H]2CC=CCC2)c1. The number of ether oxygens (including phenoxy) is 3. The molecule has 8 nitrogen and oxygen atoms in total. The fraction of sp³-hybridized carbons (Fsp3) is 0.368. The van der Waals surface area contributed by atoms with E-state index < -0.39 is 30.4 Å².